The van der Waals surface area contributed by atoms with Crippen LogP contribution in [0, 0.1) is 5.82 Å². The first-order valence-electron chi connectivity index (χ1n) is 6.35. The van der Waals surface area contributed by atoms with Gasteiger partial charge in [0.2, 0.25) is 0 Å². The molecule has 0 spiro atoms. The fourth-order valence-corrected chi connectivity index (χ4v) is 1.95. The molecular weight excluding hydrogens is 274 g/mol. The molecule has 0 heterocycles. The number of hydrogen-bond acceptors (Lipinski definition) is 2. The summed E-state index contributed by atoms with van der Waals surface area (Å²) >= 11 is 0. The highest BCUT2D eigenvalue weighted by atomic mass is 19.4. The van der Waals surface area contributed by atoms with Crippen molar-refractivity contribution < 1.29 is 22.4 Å². The summed E-state index contributed by atoms with van der Waals surface area (Å²) in [5.74, 6) is -0.933. The largest absolute Gasteiger partial charge is 0.401 e. The number of nitrogens with zero attached hydrogens (tertiary/aromatic N) is 1. The van der Waals surface area contributed by atoms with E-state index in [0.29, 0.717) is 6.42 Å². The second-order valence-electron chi connectivity index (χ2n) is 4.63. The molecule has 0 aliphatic carbocycles. The highest BCUT2D eigenvalue weighted by Crippen LogP contribution is 2.20. The fourth-order valence-electron chi connectivity index (χ4n) is 1.95. The van der Waals surface area contributed by atoms with E-state index in [1.165, 1.54) is 19.1 Å². The van der Waals surface area contributed by atoms with Crippen LogP contribution in [0.3, 0.4) is 0 Å². The molecule has 0 aromatic heterocycles. The maximum absolute atomic E-state index is 12.8. The van der Waals surface area contributed by atoms with E-state index in [2.05, 4.69) is 0 Å². The van der Waals surface area contributed by atoms with Gasteiger partial charge in [0, 0.05) is 5.56 Å². The lowest BCUT2D eigenvalue weighted by atomic mass is 10.0. The van der Waals surface area contributed by atoms with Crippen LogP contribution in [0.25, 0.3) is 0 Å². The summed E-state index contributed by atoms with van der Waals surface area (Å²) in [4.78, 5) is 13.2. The minimum absolute atomic E-state index is 0.174. The molecule has 6 heteroatoms. The quantitative estimate of drug-likeness (QED) is 0.589. The van der Waals surface area contributed by atoms with Crippen LogP contribution in [0.15, 0.2) is 24.3 Å². The first-order chi connectivity index (χ1) is 9.24. The summed E-state index contributed by atoms with van der Waals surface area (Å²) < 4.78 is 50.3. The maximum atomic E-state index is 12.8. The molecular formula is C14H17F4NO. The van der Waals surface area contributed by atoms with Crippen molar-refractivity contribution in [3.05, 3.63) is 35.6 Å². The molecule has 0 bridgehead atoms. The number of Topliss-reactive ketones (excluding diaryl/α,β-unsaturated/α-hetero) is 1. The van der Waals surface area contributed by atoms with Crippen molar-refractivity contribution >= 4 is 5.78 Å². The number of halogens is 4. The van der Waals surface area contributed by atoms with Crippen LogP contribution in [-0.2, 0) is 0 Å². The van der Waals surface area contributed by atoms with Crippen molar-refractivity contribution in [3.63, 3.8) is 0 Å². The molecule has 1 rings (SSSR count). The highest BCUT2D eigenvalue weighted by Gasteiger charge is 2.34. The molecule has 0 saturated carbocycles. The van der Waals surface area contributed by atoms with Gasteiger partial charge < -0.3 is 0 Å². The van der Waals surface area contributed by atoms with Crippen molar-refractivity contribution in [2.45, 2.75) is 32.5 Å². The Morgan fingerprint density at radius 2 is 1.80 bits per heavy atom. The van der Waals surface area contributed by atoms with Crippen LogP contribution >= 0.6 is 0 Å². The molecule has 112 valence electrons. The van der Waals surface area contributed by atoms with Crippen LogP contribution in [0.5, 0.6) is 0 Å². The lowest BCUT2D eigenvalue weighted by Crippen LogP contribution is -2.44. The Hall–Kier alpha value is -1.43. The zero-order valence-electron chi connectivity index (χ0n) is 11.4. The normalized spacial score (nSPS) is 13.6. The third-order valence-corrected chi connectivity index (χ3v) is 2.95. The predicted molar refractivity (Wildman–Crippen MR) is 68.1 cm³/mol. The zero-order chi connectivity index (χ0) is 15.3. The average Bonchev–Trinajstić information content (AvgIpc) is 2.36. The van der Waals surface area contributed by atoms with Gasteiger partial charge >= 0.3 is 6.18 Å². The number of carbonyl (C=O) groups is 1. The van der Waals surface area contributed by atoms with Gasteiger partial charge in [-0.1, -0.05) is 6.92 Å². The van der Waals surface area contributed by atoms with E-state index in [1.54, 1.807) is 6.92 Å². The monoisotopic (exact) mass is 291 g/mol. The number of rotatable bonds is 6. The standard InChI is InChI=1S/C14H17F4NO/c1-3-8-19(9-14(16,17)18)10(2)13(20)11-4-6-12(15)7-5-11/h4-7,10H,3,8-9H2,1-2H3. The maximum Gasteiger partial charge on any atom is 0.401 e. The van der Waals surface area contributed by atoms with Gasteiger partial charge in [0.05, 0.1) is 12.6 Å². The van der Waals surface area contributed by atoms with Gasteiger partial charge in [-0.2, -0.15) is 13.2 Å². The molecule has 0 N–H and O–H groups in total. The lowest BCUT2D eigenvalue weighted by Gasteiger charge is -2.28. The third kappa shape index (κ3) is 4.92. The molecule has 1 aromatic carbocycles. The van der Waals surface area contributed by atoms with Crippen LogP contribution < -0.4 is 0 Å². The Kier molecular flexibility index (Phi) is 5.68. The number of hydrogen-bond donors (Lipinski definition) is 0. The fraction of sp³-hybridized carbons (Fsp3) is 0.500. The van der Waals surface area contributed by atoms with Gasteiger partial charge in [0.15, 0.2) is 5.78 Å². The summed E-state index contributed by atoms with van der Waals surface area (Å²) in [5.41, 5.74) is 0.210. The van der Waals surface area contributed by atoms with E-state index in [1.807, 2.05) is 0 Å². The minimum atomic E-state index is -4.35. The zero-order valence-corrected chi connectivity index (χ0v) is 11.4. The molecule has 0 fully saturated rings. The summed E-state index contributed by atoms with van der Waals surface area (Å²) in [5, 5.41) is 0. The smallest absolute Gasteiger partial charge is 0.292 e. The van der Waals surface area contributed by atoms with Crippen molar-refractivity contribution in [1.29, 1.82) is 0 Å². The number of benzene rings is 1. The molecule has 2 nitrogen and oxygen atoms in total. The van der Waals surface area contributed by atoms with E-state index in [-0.39, 0.29) is 12.1 Å². The molecule has 0 radical (unpaired) electrons. The Morgan fingerprint density at radius 1 is 1.25 bits per heavy atom. The summed E-state index contributed by atoms with van der Waals surface area (Å²) in [6, 6.07) is 3.90. The number of ketones is 1. The first kappa shape index (κ1) is 16.6. The van der Waals surface area contributed by atoms with Crippen LogP contribution in [-0.4, -0.2) is 36.0 Å². The Balaban J connectivity index is 2.85. The molecule has 0 amide bonds. The van der Waals surface area contributed by atoms with Gasteiger partial charge in [-0.3, -0.25) is 9.69 Å². The number of carbonyl (C=O) groups excluding carboxylic acids is 1. The molecule has 1 unspecified atom stereocenters. The lowest BCUT2D eigenvalue weighted by molar-refractivity contribution is -0.148. The van der Waals surface area contributed by atoms with E-state index < -0.39 is 30.4 Å². The molecule has 1 atom stereocenters. The topological polar surface area (TPSA) is 20.3 Å². The molecule has 20 heavy (non-hydrogen) atoms. The molecule has 0 aliphatic rings. The highest BCUT2D eigenvalue weighted by molar-refractivity contribution is 5.99. The van der Waals surface area contributed by atoms with E-state index in [9.17, 15) is 22.4 Å². The Labute approximate surface area is 115 Å². The van der Waals surface area contributed by atoms with Gasteiger partial charge in [-0.05, 0) is 44.2 Å². The Morgan fingerprint density at radius 3 is 2.25 bits per heavy atom. The van der Waals surface area contributed by atoms with Gasteiger partial charge in [0.25, 0.3) is 0 Å². The SMILES string of the molecule is CCCN(CC(F)(F)F)C(C)C(=O)c1ccc(F)cc1. The van der Waals surface area contributed by atoms with Crippen LogP contribution in [0.2, 0.25) is 0 Å². The Bertz CT molecular complexity index is 441. The summed E-state index contributed by atoms with van der Waals surface area (Å²) in [7, 11) is 0. The number of alkyl halides is 3. The summed E-state index contributed by atoms with van der Waals surface area (Å²) in [6.45, 7) is 2.23. The van der Waals surface area contributed by atoms with Gasteiger partial charge in [-0.25, -0.2) is 4.39 Å². The van der Waals surface area contributed by atoms with Crippen LogP contribution in [0.1, 0.15) is 30.6 Å². The second kappa shape index (κ2) is 6.83. The third-order valence-electron chi connectivity index (χ3n) is 2.95. The van der Waals surface area contributed by atoms with E-state index in [4.69, 9.17) is 0 Å². The van der Waals surface area contributed by atoms with E-state index in [0.717, 1.165) is 17.0 Å². The van der Waals surface area contributed by atoms with Crippen molar-refractivity contribution in [2.75, 3.05) is 13.1 Å². The second-order valence-corrected chi connectivity index (χ2v) is 4.63. The van der Waals surface area contributed by atoms with Crippen molar-refractivity contribution in [2.24, 2.45) is 0 Å². The van der Waals surface area contributed by atoms with Crippen LogP contribution in [0.4, 0.5) is 17.6 Å². The molecule has 0 saturated heterocycles. The van der Waals surface area contributed by atoms with E-state index >= 15 is 0 Å². The average molecular weight is 291 g/mol. The first-order valence-corrected chi connectivity index (χ1v) is 6.35. The van der Waals surface area contributed by atoms with Crippen molar-refractivity contribution in [3.8, 4) is 0 Å². The predicted octanol–water partition coefficient (Wildman–Crippen LogP) is 3.67. The minimum Gasteiger partial charge on any atom is -0.292 e. The summed E-state index contributed by atoms with van der Waals surface area (Å²) in [6.07, 6.45) is -3.84. The van der Waals surface area contributed by atoms with Gasteiger partial charge in [0.1, 0.15) is 5.82 Å². The molecule has 0 aliphatic heterocycles. The molecule has 1 aromatic rings. The van der Waals surface area contributed by atoms with Crippen molar-refractivity contribution in [1.82, 2.24) is 4.90 Å². The van der Waals surface area contributed by atoms with Gasteiger partial charge in [-0.15, -0.1) is 0 Å².